The van der Waals surface area contributed by atoms with E-state index in [2.05, 4.69) is 35.2 Å². The van der Waals surface area contributed by atoms with Crippen molar-refractivity contribution in [3.05, 3.63) is 106 Å². The summed E-state index contributed by atoms with van der Waals surface area (Å²) in [5.41, 5.74) is 3.29. The van der Waals surface area contributed by atoms with Gasteiger partial charge < -0.3 is 14.5 Å². The SMILES string of the molecule is O=C1OCC(CCCN2CCC(Cc3ccccc3)CC2)(c2ccc(Cl)c(Cl)c2)CN1Cc1ccccc1. The van der Waals surface area contributed by atoms with Crippen LogP contribution in [0.25, 0.3) is 0 Å². The molecule has 0 saturated carbocycles. The van der Waals surface area contributed by atoms with Crippen LogP contribution in [0.4, 0.5) is 4.79 Å². The number of benzene rings is 3. The molecule has 1 atom stereocenters. The summed E-state index contributed by atoms with van der Waals surface area (Å²) in [4.78, 5) is 17.2. The predicted octanol–water partition coefficient (Wildman–Crippen LogP) is 7.62. The third-order valence-corrected chi connectivity index (χ3v) is 8.91. The predicted molar refractivity (Wildman–Crippen MR) is 155 cm³/mol. The number of ether oxygens (including phenoxy) is 1. The van der Waals surface area contributed by atoms with Gasteiger partial charge in [-0.15, -0.1) is 0 Å². The number of piperidine rings is 1. The van der Waals surface area contributed by atoms with Crippen molar-refractivity contribution in [1.29, 1.82) is 0 Å². The van der Waals surface area contributed by atoms with Crippen LogP contribution in [0.1, 0.15) is 42.4 Å². The fourth-order valence-electron chi connectivity index (χ4n) is 5.99. The molecule has 2 saturated heterocycles. The molecule has 2 aliphatic heterocycles. The van der Waals surface area contributed by atoms with E-state index in [0.29, 0.717) is 29.7 Å². The first kappa shape index (κ1) is 27.1. The van der Waals surface area contributed by atoms with Gasteiger partial charge in [0.25, 0.3) is 0 Å². The third-order valence-electron chi connectivity index (χ3n) is 8.18. The van der Waals surface area contributed by atoms with Crippen molar-refractivity contribution in [2.24, 2.45) is 5.92 Å². The van der Waals surface area contributed by atoms with E-state index in [9.17, 15) is 4.79 Å². The Bertz CT molecular complexity index is 1200. The topological polar surface area (TPSA) is 32.8 Å². The second kappa shape index (κ2) is 12.5. The van der Waals surface area contributed by atoms with Gasteiger partial charge in [0.2, 0.25) is 0 Å². The Kier molecular flexibility index (Phi) is 8.93. The van der Waals surface area contributed by atoms with Crippen LogP contribution in [0, 0.1) is 5.92 Å². The van der Waals surface area contributed by atoms with Gasteiger partial charge in [-0.3, -0.25) is 0 Å². The number of halogens is 2. The van der Waals surface area contributed by atoms with Crippen molar-refractivity contribution >= 4 is 29.3 Å². The van der Waals surface area contributed by atoms with Gasteiger partial charge in [0.15, 0.2) is 0 Å². The van der Waals surface area contributed by atoms with Crippen LogP contribution < -0.4 is 0 Å². The lowest BCUT2D eigenvalue weighted by Gasteiger charge is -2.43. The van der Waals surface area contributed by atoms with E-state index >= 15 is 0 Å². The summed E-state index contributed by atoms with van der Waals surface area (Å²) in [6, 6.07) is 26.8. The standard InChI is InChI=1S/C32H36Cl2N2O2/c33-29-13-12-28(21-30(29)34)32(23-36(31(37)38-24-32)22-27-10-5-2-6-11-27)16-7-17-35-18-14-26(15-19-35)20-25-8-3-1-4-9-25/h1-6,8-13,21,26H,7,14-20,22-24H2. The highest BCUT2D eigenvalue weighted by Crippen LogP contribution is 2.38. The highest BCUT2D eigenvalue weighted by Gasteiger charge is 2.41. The molecule has 3 aromatic rings. The van der Waals surface area contributed by atoms with Crippen LogP contribution in [-0.4, -0.2) is 48.7 Å². The van der Waals surface area contributed by atoms with Crippen LogP contribution in [-0.2, 0) is 23.1 Å². The maximum absolute atomic E-state index is 12.8. The Morgan fingerprint density at radius 1 is 0.868 bits per heavy atom. The Hall–Kier alpha value is -2.53. The number of nitrogens with zero attached hydrogens (tertiary/aromatic N) is 2. The summed E-state index contributed by atoms with van der Waals surface area (Å²) in [5.74, 6) is 0.764. The normalized spacial score (nSPS) is 20.9. The monoisotopic (exact) mass is 550 g/mol. The van der Waals surface area contributed by atoms with Crippen molar-refractivity contribution in [1.82, 2.24) is 9.80 Å². The summed E-state index contributed by atoms with van der Waals surface area (Å²) in [6.45, 7) is 4.82. The molecule has 1 unspecified atom stereocenters. The fraction of sp³-hybridized carbons (Fsp3) is 0.406. The highest BCUT2D eigenvalue weighted by molar-refractivity contribution is 6.42. The minimum atomic E-state index is -0.331. The molecule has 2 aliphatic rings. The number of amides is 1. The summed E-state index contributed by atoms with van der Waals surface area (Å²) >= 11 is 12.7. The van der Waals surface area contributed by atoms with E-state index in [0.717, 1.165) is 49.5 Å². The van der Waals surface area contributed by atoms with Crippen LogP contribution in [0.2, 0.25) is 10.0 Å². The van der Waals surface area contributed by atoms with Gasteiger partial charge in [-0.05, 0) is 86.5 Å². The fourth-order valence-corrected chi connectivity index (χ4v) is 6.29. The summed E-state index contributed by atoms with van der Waals surface area (Å²) in [7, 11) is 0. The molecule has 38 heavy (non-hydrogen) atoms. The molecule has 3 aromatic carbocycles. The van der Waals surface area contributed by atoms with Gasteiger partial charge in [0.05, 0.1) is 10.0 Å². The number of carbonyl (C=O) groups is 1. The molecule has 2 fully saturated rings. The maximum Gasteiger partial charge on any atom is 0.410 e. The van der Waals surface area contributed by atoms with Gasteiger partial charge in [-0.1, -0.05) is 89.9 Å². The lowest BCUT2D eigenvalue weighted by molar-refractivity contribution is 0.0192. The molecule has 1 amide bonds. The van der Waals surface area contributed by atoms with Crippen molar-refractivity contribution in [3.63, 3.8) is 0 Å². The third kappa shape index (κ3) is 6.72. The molecule has 0 aliphatic carbocycles. The number of hydrogen-bond acceptors (Lipinski definition) is 3. The Morgan fingerprint density at radius 3 is 2.24 bits per heavy atom. The smallest absolute Gasteiger partial charge is 0.410 e. The van der Waals surface area contributed by atoms with E-state index in [-0.39, 0.29) is 11.5 Å². The molecule has 2 heterocycles. The molecule has 0 aromatic heterocycles. The van der Waals surface area contributed by atoms with E-state index in [1.807, 2.05) is 53.4 Å². The molecule has 6 heteroatoms. The Balaban J connectivity index is 1.23. The highest BCUT2D eigenvalue weighted by atomic mass is 35.5. The van der Waals surface area contributed by atoms with Crippen molar-refractivity contribution < 1.29 is 9.53 Å². The first-order valence-corrected chi connectivity index (χ1v) is 14.4. The van der Waals surface area contributed by atoms with E-state index in [4.69, 9.17) is 27.9 Å². The zero-order valence-electron chi connectivity index (χ0n) is 21.8. The van der Waals surface area contributed by atoms with Gasteiger partial charge >= 0.3 is 6.09 Å². The quantitative estimate of drug-likeness (QED) is 0.274. The largest absolute Gasteiger partial charge is 0.448 e. The number of rotatable bonds is 9. The van der Waals surface area contributed by atoms with Crippen LogP contribution >= 0.6 is 23.2 Å². The van der Waals surface area contributed by atoms with E-state index < -0.39 is 0 Å². The lowest BCUT2D eigenvalue weighted by atomic mass is 9.76. The van der Waals surface area contributed by atoms with Gasteiger partial charge in [0.1, 0.15) is 6.61 Å². The number of carbonyl (C=O) groups excluding carboxylic acids is 1. The molecule has 0 radical (unpaired) electrons. The van der Waals surface area contributed by atoms with Crippen molar-refractivity contribution in [3.8, 4) is 0 Å². The molecule has 200 valence electrons. The van der Waals surface area contributed by atoms with Crippen LogP contribution in [0.3, 0.4) is 0 Å². The molecule has 0 bridgehead atoms. The van der Waals surface area contributed by atoms with Gasteiger partial charge in [-0.25, -0.2) is 4.79 Å². The Morgan fingerprint density at radius 2 is 1.55 bits per heavy atom. The first-order valence-electron chi connectivity index (χ1n) is 13.7. The second-order valence-corrected chi connectivity index (χ2v) is 11.7. The first-order chi connectivity index (χ1) is 18.5. The van der Waals surface area contributed by atoms with Gasteiger partial charge in [0, 0.05) is 18.5 Å². The average Bonchev–Trinajstić information content (AvgIpc) is 2.94. The molecular formula is C32H36Cl2N2O2. The van der Waals surface area contributed by atoms with Crippen molar-refractivity contribution in [2.75, 3.05) is 32.8 Å². The Labute approximate surface area is 236 Å². The van der Waals surface area contributed by atoms with Crippen LogP contribution in [0.15, 0.2) is 78.9 Å². The molecular weight excluding hydrogens is 515 g/mol. The molecule has 0 spiro atoms. The molecule has 0 N–H and O–H groups in total. The van der Waals surface area contributed by atoms with Crippen LogP contribution in [0.5, 0.6) is 0 Å². The summed E-state index contributed by atoms with van der Waals surface area (Å²) in [5, 5.41) is 1.08. The van der Waals surface area contributed by atoms with E-state index in [1.165, 1.54) is 24.8 Å². The van der Waals surface area contributed by atoms with Gasteiger partial charge in [-0.2, -0.15) is 0 Å². The van der Waals surface area contributed by atoms with Crippen molar-refractivity contribution in [2.45, 2.75) is 44.1 Å². The minimum absolute atomic E-state index is 0.259. The number of cyclic esters (lactones) is 1. The minimum Gasteiger partial charge on any atom is -0.448 e. The maximum atomic E-state index is 12.8. The lowest BCUT2D eigenvalue weighted by Crippen LogP contribution is -2.52. The zero-order chi connectivity index (χ0) is 26.4. The second-order valence-electron chi connectivity index (χ2n) is 10.9. The zero-order valence-corrected chi connectivity index (χ0v) is 23.3. The summed E-state index contributed by atoms with van der Waals surface area (Å²) in [6.07, 6.45) is 5.35. The number of hydrogen-bond donors (Lipinski definition) is 0. The van der Waals surface area contributed by atoms with E-state index in [1.54, 1.807) is 0 Å². The molecule has 5 rings (SSSR count). The summed E-state index contributed by atoms with van der Waals surface area (Å²) < 4.78 is 5.81. The molecule has 4 nitrogen and oxygen atoms in total. The average molecular weight is 552 g/mol. The number of likely N-dealkylation sites (tertiary alicyclic amines) is 1.